The third-order valence-corrected chi connectivity index (χ3v) is 3.98. The van der Waals surface area contributed by atoms with Gasteiger partial charge in [-0.1, -0.05) is 0 Å². The largest absolute Gasteiger partial charge is 0.496 e. The van der Waals surface area contributed by atoms with Gasteiger partial charge in [0.2, 0.25) is 0 Å². The highest BCUT2D eigenvalue weighted by molar-refractivity contribution is 5.53. The van der Waals surface area contributed by atoms with Crippen LogP contribution in [0.2, 0.25) is 0 Å². The van der Waals surface area contributed by atoms with Crippen LogP contribution in [0.4, 0.5) is 0 Å². The Balaban J connectivity index is 2.48. The van der Waals surface area contributed by atoms with Gasteiger partial charge in [0.05, 0.1) is 21.3 Å². The molecule has 5 heteroatoms. The maximum absolute atomic E-state index is 9.61. The number of aliphatic hydroxyl groups excluding tert-OH is 1. The molecule has 0 aliphatic carbocycles. The normalized spacial score (nSPS) is 22.9. The first kappa shape index (κ1) is 14.9. The number of hydrogen-bond donors (Lipinski definition) is 1. The molecule has 2 unspecified atom stereocenters. The minimum atomic E-state index is 0.160. The average Bonchev–Trinajstić information content (AvgIpc) is 2.86. The molecule has 2 rings (SSSR count). The fourth-order valence-electron chi connectivity index (χ4n) is 3.00. The maximum atomic E-state index is 9.61. The number of nitrogens with zero attached hydrogens (tertiary/aromatic N) is 1. The molecule has 0 radical (unpaired) electrons. The van der Waals surface area contributed by atoms with Crippen LogP contribution in [0.25, 0.3) is 0 Å². The molecule has 0 spiro atoms. The molecule has 1 fully saturated rings. The quantitative estimate of drug-likeness (QED) is 0.883. The van der Waals surface area contributed by atoms with Crippen LogP contribution < -0.4 is 14.2 Å². The van der Waals surface area contributed by atoms with Crippen molar-refractivity contribution < 1.29 is 19.3 Å². The van der Waals surface area contributed by atoms with Crippen molar-refractivity contribution in [3.8, 4) is 17.2 Å². The number of ether oxygens (including phenoxy) is 3. The SMILES string of the molecule is COc1cc(OC)c(C2CN(C)CC2CO)c(OC)c1. The molecule has 1 saturated heterocycles. The topological polar surface area (TPSA) is 51.2 Å². The number of likely N-dealkylation sites (tertiary alicyclic amines) is 1. The van der Waals surface area contributed by atoms with Gasteiger partial charge in [-0.15, -0.1) is 0 Å². The summed E-state index contributed by atoms with van der Waals surface area (Å²) in [7, 11) is 6.97. The minimum absolute atomic E-state index is 0.160. The number of aliphatic hydroxyl groups is 1. The van der Waals surface area contributed by atoms with Crippen molar-refractivity contribution in [2.75, 3.05) is 48.1 Å². The van der Waals surface area contributed by atoms with Crippen LogP contribution >= 0.6 is 0 Å². The summed E-state index contributed by atoms with van der Waals surface area (Å²) in [6, 6.07) is 3.73. The molecule has 2 atom stereocenters. The van der Waals surface area contributed by atoms with Crippen LogP contribution in [0.1, 0.15) is 11.5 Å². The van der Waals surface area contributed by atoms with Gasteiger partial charge in [0.25, 0.3) is 0 Å². The molecule has 1 N–H and O–H groups in total. The molecule has 0 amide bonds. The van der Waals surface area contributed by atoms with Gasteiger partial charge in [-0.05, 0) is 7.05 Å². The van der Waals surface area contributed by atoms with Gasteiger partial charge in [0.15, 0.2) is 0 Å². The van der Waals surface area contributed by atoms with Gasteiger partial charge in [0.1, 0.15) is 17.2 Å². The summed E-state index contributed by atoms with van der Waals surface area (Å²) in [4.78, 5) is 2.22. The lowest BCUT2D eigenvalue weighted by Crippen LogP contribution is -2.16. The molecule has 1 aromatic rings. The summed E-state index contributed by atoms with van der Waals surface area (Å²) in [5.41, 5.74) is 1.01. The number of benzene rings is 1. The summed E-state index contributed by atoms with van der Waals surface area (Å²) in [5.74, 6) is 2.59. The molecule has 1 heterocycles. The Morgan fingerprint density at radius 3 is 2.15 bits per heavy atom. The lowest BCUT2D eigenvalue weighted by Gasteiger charge is -2.22. The first-order valence-corrected chi connectivity index (χ1v) is 6.73. The standard InChI is InChI=1S/C15H23NO4/c1-16-7-10(9-17)12(8-16)15-13(19-3)5-11(18-2)6-14(15)20-4/h5-6,10,12,17H,7-9H2,1-4H3. The third-order valence-electron chi connectivity index (χ3n) is 3.98. The minimum Gasteiger partial charge on any atom is -0.496 e. The van der Waals surface area contributed by atoms with Crippen LogP contribution in [0, 0.1) is 5.92 Å². The summed E-state index contributed by atoms with van der Waals surface area (Å²) in [6.45, 7) is 1.91. The van der Waals surface area contributed by atoms with Crippen LogP contribution in [-0.4, -0.2) is 58.1 Å². The zero-order valence-electron chi connectivity index (χ0n) is 12.5. The van der Waals surface area contributed by atoms with E-state index < -0.39 is 0 Å². The molecule has 0 saturated carbocycles. The highest BCUT2D eigenvalue weighted by Crippen LogP contribution is 2.44. The van der Waals surface area contributed by atoms with E-state index in [4.69, 9.17) is 14.2 Å². The monoisotopic (exact) mass is 281 g/mol. The Morgan fingerprint density at radius 1 is 1.10 bits per heavy atom. The van der Waals surface area contributed by atoms with Crippen molar-refractivity contribution >= 4 is 0 Å². The zero-order chi connectivity index (χ0) is 14.7. The van der Waals surface area contributed by atoms with Gasteiger partial charge < -0.3 is 24.2 Å². The Morgan fingerprint density at radius 2 is 1.70 bits per heavy atom. The second kappa shape index (κ2) is 6.33. The number of hydrogen-bond acceptors (Lipinski definition) is 5. The molecule has 0 aromatic heterocycles. The second-order valence-corrected chi connectivity index (χ2v) is 5.22. The van der Waals surface area contributed by atoms with E-state index in [1.54, 1.807) is 21.3 Å². The smallest absolute Gasteiger partial charge is 0.129 e. The van der Waals surface area contributed by atoms with Crippen molar-refractivity contribution in [1.82, 2.24) is 4.90 Å². The predicted octanol–water partition coefficient (Wildman–Crippen LogP) is 1.35. The third kappa shape index (κ3) is 2.69. The summed E-state index contributed by atoms with van der Waals surface area (Å²) < 4.78 is 16.3. The first-order valence-electron chi connectivity index (χ1n) is 6.73. The van der Waals surface area contributed by atoms with Crippen molar-refractivity contribution in [3.05, 3.63) is 17.7 Å². The second-order valence-electron chi connectivity index (χ2n) is 5.22. The van der Waals surface area contributed by atoms with Crippen molar-refractivity contribution in [3.63, 3.8) is 0 Å². The lowest BCUT2D eigenvalue weighted by atomic mass is 9.88. The maximum Gasteiger partial charge on any atom is 0.129 e. The van der Waals surface area contributed by atoms with Crippen LogP contribution in [0.5, 0.6) is 17.2 Å². The van der Waals surface area contributed by atoms with Crippen molar-refractivity contribution in [1.29, 1.82) is 0 Å². The van der Waals surface area contributed by atoms with E-state index in [9.17, 15) is 5.11 Å². The zero-order valence-corrected chi connectivity index (χ0v) is 12.5. The van der Waals surface area contributed by atoms with E-state index in [0.29, 0.717) is 5.75 Å². The molecule has 1 aromatic carbocycles. The van der Waals surface area contributed by atoms with E-state index in [1.807, 2.05) is 12.1 Å². The summed E-state index contributed by atoms with van der Waals surface area (Å²) in [6.07, 6.45) is 0. The Bertz CT molecular complexity index is 438. The molecule has 112 valence electrons. The fraction of sp³-hybridized carbons (Fsp3) is 0.600. The van der Waals surface area contributed by atoms with Crippen LogP contribution in [-0.2, 0) is 0 Å². The number of rotatable bonds is 5. The van der Waals surface area contributed by atoms with Gasteiger partial charge in [-0.3, -0.25) is 0 Å². The molecular weight excluding hydrogens is 258 g/mol. The Labute approximate surface area is 120 Å². The molecule has 1 aliphatic heterocycles. The van der Waals surface area contributed by atoms with E-state index in [2.05, 4.69) is 11.9 Å². The van der Waals surface area contributed by atoms with Gasteiger partial charge in [-0.2, -0.15) is 0 Å². The van der Waals surface area contributed by atoms with E-state index >= 15 is 0 Å². The fourth-order valence-corrected chi connectivity index (χ4v) is 3.00. The average molecular weight is 281 g/mol. The van der Waals surface area contributed by atoms with Crippen LogP contribution in [0.15, 0.2) is 12.1 Å². The van der Waals surface area contributed by atoms with E-state index in [0.717, 1.165) is 30.2 Å². The van der Waals surface area contributed by atoms with Gasteiger partial charge >= 0.3 is 0 Å². The van der Waals surface area contributed by atoms with Crippen molar-refractivity contribution in [2.45, 2.75) is 5.92 Å². The van der Waals surface area contributed by atoms with E-state index in [-0.39, 0.29) is 18.4 Å². The number of likely N-dealkylation sites (N-methyl/N-ethyl adjacent to an activating group) is 1. The molecular formula is C15H23NO4. The highest BCUT2D eigenvalue weighted by atomic mass is 16.5. The Hall–Kier alpha value is -1.46. The highest BCUT2D eigenvalue weighted by Gasteiger charge is 2.35. The lowest BCUT2D eigenvalue weighted by molar-refractivity contribution is 0.217. The summed E-state index contributed by atoms with van der Waals surface area (Å²) >= 11 is 0. The van der Waals surface area contributed by atoms with E-state index in [1.165, 1.54) is 0 Å². The summed E-state index contributed by atoms with van der Waals surface area (Å²) in [5, 5.41) is 9.61. The molecule has 5 nitrogen and oxygen atoms in total. The molecule has 20 heavy (non-hydrogen) atoms. The first-order chi connectivity index (χ1) is 9.64. The van der Waals surface area contributed by atoms with Crippen LogP contribution in [0.3, 0.4) is 0 Å². The van der Waals surface area contributed by atoms with Gasteiger partial charge in [-0.25, -0.2) is 0 Å². The molecule has 0 bridgehead atoms. The number of methoxy groups -OCH3 is 3. The van der Waals surface area contributed by atoms with Crippen molar-refractivity contribution in [2.24, 2.45) is 5.92 Å². The van der Waals surface area contributed by atoms with Gasteiger partial charge in [0, 0.05) is 49.2 Å². The molecule has 1 aliphatic rings. The predicted molar refractivity (Wildman–Crippen MR) is 76.9 cm³/mol. The Kier molecular flexibility index (Phi) is 4.73.